The second-order valence-corrected chi connectivity index (χ2v) is 13.4. The first kappa shape index (κ1) is 19.8. The summed E-state index contributed by atoms with van der Waals surface area (Å²) in [5.41, 5.74) is 6.52. The molecule has 0 amide bonds. The summed E-state index contributed by atoms with van der Waals surface area (Å²) in [4.78, 5) is 5.10. The van der Waals surface area contributed by atoms with E-state index in [4.69, 9.17) is 9.72 Å². The van der Waals surface area contributed by atoms with E-state index in [9.17, 15) is 0 Å². The van der Waals surface area contributed by atoms with Crippen molar-refractivity contribution >= 4 is 25.1 Å². The Kier molecular flexibility index (Phi) is 4.10. The van der Waals surface area contributed by atoms with Crippen LogP contribution in [0.15, 0.2) is 30.3 Å². The molecule has 0 saturated heterocycles. The van der Waals surface area contributed by atoms with E-state index in [0.29, 0.717) is 0 Å². The second-order valence-electron chi connectivity index (χ2n) is 9.26. The molecule has 2 aliphatic rings. The van der Waals surface area contributed by atoms with Crippen molar-refractivity contribution < 1.29 is 24.8 Å². The van der Waals surface area contributed by atoms with E-state index in [1.54, 1.807) is 0 Å². The Morgan fingerprint density at radius 3 is 2.39 bits per heavy atom. The van der Waals surface area contributed by atoms with Gasteiger partial charge in [0.05, 0.1) is 28.1 Å². The smallest absolute Gasteiger partial charge is 0.246 e. The van der Waals surface area contributed by atoms with Gasteiger partial charge in [-0.2, -0.15) is 0 Å². The molecular formula is C22H26IrN3OSi-. The number of rotatable bonds is 0. The summed E-state index contributed by atoms with van der Waals surface area (Å²) in [5.74, 6) is 1.05. The number of hydrogen-bond acceptors (Lipinski definition) is 3. The van der Waals surface area contributed by atoms with Crippen LogP contribution in [0.4, 0.5) is 5.69 Å². The van der Waals surface area contributed by atoms with Crippen LogP contribution in [0.2, 0.25) is 13.1 Å². The van der Waals surface area contributed by atoms with Gasteiger partial charge < -0.3 is 13.5 Å². The largest absolute Gasteiger partial charge is 0.425 e. The SMILES string of the molecule is CN1c2ccc[c-]c2-c2nc3cc4c(cc3n2[Si]1(C)C)C(C)(C)OC4(C)C.[Ir]. The normalized spacial score (nSPS) is 20.3. The third-order valence-corrected chi connectivity index (χ3v) is 9.82. The van der Waals surface area contributed by atoms with Crippen molar-refractivity contribution in [3.63, 3.8) is 0 Å². The Labute approximate surface area is 181 Å². The van der Waals surface area contributed by atoms with Crippen molar-refractivity contribution in [3.05, 3.63) is 47.5 Å². The van der Waals surface area contributed by atoms with Crippen LogP contribution < -0.4 is 4.57 Å². The van der Waals surface area contributed by atoms with E-state index in [-0.39, 0.29) is 31.3 Å². The van der Waals surface area contributed by atoms with Crippen LogP contribution in [-0.2, 0) is 36.0 Å². The number of anilines is 1. The van der Waals surface area contributed by atoms with Gasteiger partial charge in [0.15, 0.2) is 0 Å². The molecule has 6 heteroatoms. The van der Waals surface area contributed by atoms with E-state index in [1.807, 2.05) is 6.07 Å². The molecule has 2 aromatic carbocycles. The maximum atomic E-state index is 6.38. The van der Waals surface area contributed by atoms with E-state index in [0.717, 1.165) is 16.9 Å². The summed E-state index contributed by atoms with van der Waals surface area (Å²) in [6, 6.07) is 14.2. The van der Waals surface area contributed by atoms with Crippen molar-refractivity contribution in [2.45, 2.75) is 52.0 Å². The second kappa shape index (κ2) is 5.79. The first-order chi connectivity index (χ1) is 12.5. The van der Waals surface area contributed by atoms with Crippen LogP contribution in [0.3, 0.4) is 0 Å². The number of hydrogen-bond donors (Lipinski definition) is 0. The Morgan fingerprint density at radius 1 is 1.07 bits per heavy atom. The number of imidazole rings is 1. The molecule has 0 atom stereocenters. The molecule has 0 unspecified atom stereocenters. The monoisotopic (exact) mass is 569 g/mol. The minimum absolute atomic E-state index is 0. The fourth-order valence-corrected chi connectivity index (χ4v) is 7.45. The molecule has 28 heavy (non-hydrogen) atoms. The number of nitrogens with zero attached hydrogens (tertiary/aromatic N) is 3. The van der Waals surface area contributed by atoms with Crippen molar-refractivity contribution in [1.82, 2.24) is 9.22 Å². The number of aromatic nitrogens is 2. The zero-order valence-corrected chi connectivity index (χ0v) is 20.9. The molecule has 0 spiro atoms. The molecule has 3 aromatic rings. The Balaban J connectivity index is 0.00000192. The summed E-state index contributed by atoms with van der Waals surface area (Å²) in [6.07, 6.45) is 0. The predicted octanol–water partition coefficient (Wildman–Crippen LogP) is 5.00. The average molecular weight is 569 g/mol. The number of benzene rings is 2. The van der Waals surface area contributed by atoms with Gasteiger partial charge in [0.1, 0.15) is 0 Å². The van der Waals surface area contributed by atoms with Crippen molar-refractivity contribution in [2.75, 3.05) is 11.6 Å². The first-order valence-corrected chi connectivity index (χ1v) is 12.5. The van der Waals surface area contributed by atoms with E-state index < -0.39 is 8.40 Å². The average Bonchev–Trinajstić information content (AvgIpc) is 3.05. The Morgan fingerprint density at radius 2 is 1.71 bits per heavy atom. The molecule has 149 valence electrons. The Hall–Kier alpha value is -1.46. The quantitative estimate of drug-likeness (QED) is 0.283. The van der Waals surface area contributed by atoms with Crippen LogP contribution in [-0.4, -0.2) is 24.7 Å². The summed E-state index contributed by atoms with van der Waals surface area (Å²) in [5, 5.41) is 0. The molecule has 1 aromatic heterocycles. The minimum Gasteiger partial charge on any atom is -0.425 e. The molecule has 0 fully saturated rings. The summed E-state index contributed by atoms with van der Waals surface area (Å²) in [6.45, 7) is 13.4. The van der Waals surface area contributed by atoms with Crippen molar-refractivity contribution in [1.29, 1.82) is 0 Å². The van der Waals surface area contributed by atoms with Crippen LogP contribution in [0.25, 0.3) is 22.4 Å². The zero-order chi connectivity index (χ0) is 19.4. The molecule has 0 saturated carbocycles. The molecule has 5 rings (SSSR count). The van der Waals surface area contributed by atoms with E-state index >= 15 is 0 Å². The van der Waals surface area contributed by atoms with Crippen molar-refractivity contribution in [3.8, 4) is 11.4 Å². The van der Waals surface area contributed by atoms with Crippen LogP contribution in [0, 0.1) is 6.07 Å². The fraction of sp³-hybridized carbons (Fsp3) is 0.409. The first-order valence-electron chi connectivity index (χ1n) is 9.57. The van der Waals surface area contributed by atoms with Crippen LogP contribution in [0.1, 0.15) is 38.8 Å². The number of ether oxygens (including phenoxy) is 1. The van der Waals surface area contributed by atoms with Gasteiger partial charge in [-0.3, -0.25) is 4.98 Å². The molecule has 0 aliphatic carbocycles. The maximum Gasteiger partial charge on any atom is 0.246 e. The predicted molar refractivity (Wildman–Crippen MR) is 112 cm³/mol. The molecule has 0 bridgehead atoms. The molecule has 2 aliphatic heterocycles. The van der Waals surface area contributed by atoms with Crippen molar-refractivity contribution in [2.24, 2.45) is 0 Å². The number of fused-ring (bicyclic) bond motifs is 6. The van der Waals surface area contributed by atoms with Gasteiger partial charge in [0.2, 0.25) is 8.40 Å². The molecular weight excluding hydrogens is 543 g/mol. The summed E-state index contributed by atoms with van der Waals surface area (Å²) < 4.78 is 11.3. The molecule has 0 N–H and O–H groups in total. The van der Waals surface area contributed by atoms with Gasteiger partial charge in [-0.05, 0) is 71.1 Å². The van der Waals surface area contributed by atoms with Gasteiger partial charge in [-0.25, -0.2) is 0 Å². The third-order valence-electron chi connectivity index (χ3n) is 6.39. The van der Waals surface area contributed by atoms with E-state index in [1.165, 1.54) is 22.3 Å². The van der Waals surface area contributed by atoms with Gasteiger partial charge >= 0.3 is 0 Å². The fourth-order valence-electron chi connectivity index (χ4n) is 4.92. The zero-order valence-electron chi connectivity index (χ0n) is 17.5. The maximum absolute atomic E-state index is 6.38. The van der Waals surface area contributed by atoms with E-state index in [2.05, 4.69) is 87.0 Å². The Bertz CT molecular complexity index is 1120. The van der Waals surface area contributed by atoms with Gasteiger partial charge in [0.25, 0.3) is 0 Å². The summed E-state index contributed by atoms with van der Waals surface area (Å²) >= 11 is 0. The van der Waals surface area contributed by atoms with Crippen LogP contribution in [0.5, 0.6) is 0 Å². The third kappa shape index (κ3) is 2.38. The topological polar surface area (TPSA) is 30.3 Å². The summed E-state index contributed by atoms with van der Waals surface area (Å²) in [7, 11) is 0.240. The standard InChI is InChI=1S/C22H26N3OSi.Ir/c1-21(2)15-12-17-19(13-16(15)22(3,4)26-21)25-20(23-17)14-10-8-9-11-18(14)24(5)27(25,6)7;/h8-9,11-13H,1-7H3;/q-1;. The molecule has 4 nitrogen and oxygen atoms in total. The van der Waals surface area contributed by atoms with Gasteiger partial charge in [0, 0.05) is 20.1 Å². The molecule has 1 radical (unpaired) electrons. The minimum atomic E-state index is -1.97. The van der Waals surface area contributed by atoms with Gasteiger partial charge in [-0.1, -0.05) is 11.3 Å². The van der Waals surface area contributed by atoms with Crippen LogP contribution >= 0.6 is 0 Å². The molecule has 3 heterocycles. The van der Waals surface area contributed by atoms with Gasteiger partial charge in [-0.15, -0.1) is 24.3 Å².